The molecule has 0 unspecified atom stereocenters. The van der Waals surface area contributed by atoms with Crippen molar-refractivity contribution in [2.75, 3.05) is 0 Å². The van der Waals surface area contributed by atoms with Gasteiger partial charge in [-0.3, -0.25) is 0 Å². The van der Waals surface area contributed by atoms with E-state index >= 15 is 0 Å². The summed E-state index contributed by atoms with van der Waals surface area (Å²) in [5.41, 5.74) is 2.90. The van der Waals surface area contributed by atoms with Gasteiger partial charge in [0.15, 0.2) is 0 Å². The summed E-state index contributed by atoms with van der Waals surface area (Å²) in [6.07, 6.45) is 0. The van der Waals surface area contributed by atoms with Gasteiger partial charge in [0.1, 0.15) is 17.6 Å². The van der Waals surface area contributed by atoms with Gasteiger partial charge >= 0.3 is 0 Å². The molecule has 2 rings (SSSR count). The van der Waals surface area contributed by atoms with Crippen molar-refractivity contribution in [2.24, 2.45) is 0 Å². The van der Waals surface area contributed by atoms with Crippen molar-refractivity contribution in [1.29, 1.82) is 5.26 Å². The monoisotopic (exact) mass is 299 g/mol. The van der Waals surface area contributed by atoms with Crippen LogP contribution in [0.15, 0.2) is 36.4 Å². The second kappa shape index (κ2) is 5.79. The first-order valence-corrected chi connectivity index (χ1v) is 7.17. The summed E-state index contributed by atoms with van der Waals surface area (Å²) in [6.45, 7) is 8.57. The lowest BCUT2D eigenvalue weighted by atomic mass is 9.86. The topological polar surface area (TPSA) is 33.0 Å². The maximum atomic E-state index is 8.87. The molecule has 0 saturated carbocycles. The highest BCUT2D eigenvalue weighted by molar-refractivity contribution is 6.31. The van der Waals surface area contributed by atoms with E-state index in [1.807, 2.05) is 19.1 Å². The number of hydrogen-bond acceptors (Lipinski definition) is 2. The summed E-state index contributed by atoms with van der Waals surface area (Å²) in [6, 6.07) is 13.3. The van der Waals surface area contributed by atoms with Gasteiger partial charge in [0.05, 0.1) is 10.6 Å². The van der Waals surface area contributed by atoms with E-state index in [0.29, 0.717) is 16.3 Å². The lowest BCUT2D eigenvalue weighted by molar-refractivity contribution is 0.477. The van der Waals surface area contributed by atoms with Gasteiger partial charge in [0, 0.05) is 6.07 Å². The lowest BCUT2D eigenvalue weighted by Gasteiger charge is -2.20. The van der Waals surface area contributed by atoms with Gasteiger partial charge in [-0.2, -0.15) is 5.26 Å². The van der Waals surface area contributed by atoms with Crippen LogP contribution in [0.5, 0.6) is 11.5 Å². The molecule has 21 heavy (non-hydrogen) atoms. The Morgan fingerprint density at radius 2 is 1.81 bits per heavy atom. The van der Waals surface area contributed by atoms with Crippen molar-refractivity contribution in [3.8, 4) is 17.6 Å². The molecule has 0 aliphatic heterocycles. The van der Waals surface area contributed by atoms with Crippen LogP contribution in [0.3, 0.4) is 0 Å². The standard InChI is InChI=1S/C18H18ClNO/c1-12-9-14(18(2,3)4)6-8-17(12)21-15-7-5-13(11-20)16(19)10-15/h5-10H,1-4H3. The fourth-order valence-electron chi connectivity index (χ4n) is 2.01. The van der Waals surface area contributed by atoms with Crippen molar-refractivity contribution < 1.29 is 4.74 Å². The van der Waals surface area contributed by atoms with Gasteiger partial charge in [-0.05, 0) is 41.7 Å². The van der Waals surface area contributed by atoms with Crippen LogP contribution in [0.25, 0.3) is 0 Å². The molecule has 2 nitrogen and oxygen atoms in total. The van der Waals surface area contributed by atoms with Gasteiger partial charge in [0.25, 0.3) is 0 Å². The number of rotatable bonds is 2. The van der Waals surface area contributed by atoms with Crippen LogP contribution in [0.1, 0.15) is 37.5 Å². The van der Waals surface area contributed by atoms with Gasteiger partial charge in [-0.15, -0.1) is 0 Å². The number of aryl methyl sites for hydroxylation is 1. The lowest BCUT2D eigenvalue weighted by Crippen LogP contribution is -2.11. The fraction of sp³-hybridized carbons (Fsp3) is 0.278. The Kier molecular flexibility index (Phi) is 4.25. The molecule has 0 bridgehead atoms. The van der Waals surface area contributed by atoms with E-state index < -0.39 is 0 Å². The van der Waals surface area contributed by atoms with Crippen molar-refractivity contribution in [3.63, 3.8) is 0 Å². The van der Waals surface area contributed by atoms with E-state index in [2.05, 4.69) is 32.9 Å². The quantitative estimate of drug-likeness (QED) is 0.722. The predicted octanol–water partition coefficient (Wildman–Crippen LogP) is 5.61. The van der Waals surface area contributed by atoms with E-state index in [9.17, 15) is 0 Å². The molecule has 0 saturated heterocycles. The average molecular weight is 300 g/mol. The highest BCUT2D eigenvalue weighted by Crippen LogP contribution is 2.31. The largest absolute Gasteiger partial charge is 0.457 e. The Bertz CT molecular complexity index is 708. The van der Waals surface area contributed by atoms with Gasteiger partial charge in [-0.25, -0.2) is 0 Å². The maximum Gasteiger partial charge on any atom is 0.130 e. The van der Waals surface area contributed by atoms with Crippen molar-refractivity contribution in [3.05, 3.63) is 58.1 Å². The second-order valence-corrected chi connectivity index (χ2v) is 6.49. The Labute approximate surface area is 130 Å². The predicted molar refractivity (Wildman–Crippen MR) is 86.1 cm³/mol. The zero-order valence-corrected chi connectivity index (χ0v) is 13.5. The molecule has 3 heteroatoms. The van der Waals surface area contributed by atoms with Crippen LogP contribution in [-0.4, -0.2) is 0 Å². The van der Waals surface area contributed by atoms with Gasteiger partial charge in [-0.1, -0.05) is 44.5 Å². The normalized spacial score (nSPS) is 11.0. The summed E-state index contributed by atoms with van der Waals surface area (Å²) in [7, 11) is 0. The molecule has 0 heterocycles. The molecule has 0 radical (unpaired) electrons. The molecular weight excluding hydrogens is 282 g/mol. The van der Waals surface area contributed by atoms with E-state index in [1.165, 1.54) is 5.56 Å². The second-order valence-electron chi connectivity index (χ2n) is 6.09. The summed E-state index contributed by atoms with van der Waals surface area (Å²) in [4.78, 5) is 0. The smallest absolute Gasteiger partial charge is 0.130 e. The molecule has 0 atom stereocenters. The van der Waals surface area contributed by atoms with Crippen LogP contribution in [0, 0.1) is 18.3 Å². The highest BCUT2D eigenvalue weighted by Gasteiger charge is 2.15. The summed E-state index contributed by atoms with van der Waals surface area (Å²) < 4.78 is 5.86. The van der Waals surface area contributed by atoms with Crippen molar-refractivity contribution in [2.45, 2.75) is 33.1 Å². The number of halogens is 1. The molecule has 0 spiro atoms. The van der Waals surface area contributed by atoms with E-state index in [0.717, 1.165) is 11.3 Å². The van der Waals surface area contributed by atoms with Crippen molar-refractivity contribution in [1.82, 2.24) is 0 Å². The third-order valence-corrected chi connectivity index (χ3v) is 3.64. The molecule has 0 aliphatic carbocycles. The molecule has 0 N–H and O–H groups in total. The number of nitrogens with zero attached hydrogens (tertiary/aromatic N) is 1. The van der Waals surface area contributed by atoms with Crippen molar-refractivity contribution >= 4 is 11.6 Å². The highest BCUT2D eigenvalue weighted by atomic mass is 35.5. The van der Waals surface area contributed by atoms with Gasteiger partial charge in [0.2, 0.25) is 0 Å². The van der Waals surface area contributed by atoms with Crippen LogP contribution in [0.2, 0.25) is 5.02 Å². The van der Waals surface area contributed by atoms with Crippen LogP contribution >= 0.6 is 11.6 Å². The number of hydrogen-bond donors (Lipinski definition) is 0. The third kappa shape index (κ3) is 3.56. The minimum atomic E-state index is 0.112. The van der Waals surface area contributed by atoms with Crippen LogP contribution in [-0.2, 0) is 5.41 Å². The third-order valence-electron chi connectivity index (χ3n) is 3.33. The van der Waals surface area contributed by atoms with E-state index in [4.69, 9.17) is 21.6 Å². The number of benzene rings is 2. The Morgan fingerprint density at radius 3 is 2.33 bits per heavy atom. The summed E-state index contributed by atoms with van der Waals surface area (Å²) in [5, 5.41) is 9.28. The summed E-state index contributed by atoms with van der Waals surface area (Å²) in [5.74, 6) is 1.43. The first kappa shape index (κ1) is 15.4. The first-order chi connectivity index (χ1) is 9.81. The maximum absolute atomic E-state index is 8.87. The van der Waals surface area contributed by atoms with Crippen LogP contribution < -0.4 is 4.74 Å². The molecule has 0 amide bonds. The zero-order valence-electron chi connectivity index (χ0n) is 12.7. The van der Waals surface area contributed by atoms with E-state index in [-0.39, 0.29) is 5.41 Å². The Hall–Kier alpha value is -1.98. The molecule has 108 valence electrons. The molecule has 2 aromatic carbocycles. The summed E-state index contributed by atoms with van der Waals surface area (Å²) >= 11 is 6.02. The Balaban J connectivity index is 2.28. The molecule has 0 fully saturated rings. The SMILES string of the molecule is Cc1cc(C(C)(C)C)ccc1Oc1ccc(C#N)c(Cl)c1. The Morgan fingerprint density at radius 1 is 1.10 bits per heavy atom. The average Bonchev–Trinajstić information content (AvgIpc) is 2.40. The minimum Gasteiger partial charge on any atom is -0.457 e. The molecule has 2 aromatic rings. The number of ether oxygens (including phenoxy) is 1. The zero-order chi connectivity index (χ0) is 15.6. The number of nitriles is 1. The fourth-order valence-corrected chi connectivity index (χ4v) is 2.22. The van der Waals surface area contributed by atoms with E-state index in [1.54, 1.807) is 18.2 Å². The first-order valence-electron chi connectivity index (χ1n) is 6.80. The molecular formula is C18H18ClNO. The molecule has 0 aliphatic rings. The molecule has 0 aromatic heterocycles. The minimum absolute atomic E-state index is 0.112. The van der Waals surface area contributed by atoms with Crippen LogP contribution in [0.4, 0.5) is 0 Å². The van der Waals surface area contributed by atoms with Gasteiger partial charge < -0.3 is 4.74 Å².